The van der Waals surface area contributed by atoms with E-state index in [4.69, 9.17) is 9.31 Å². The normalized spacial score (nSPS) is 11.0. The van der Waals surface area contributed by atoms with E-state index in [1.807, 2.05) is 0 Å². The van der Waals surface area contributed by atoms with Gasteiger partial charge in [-0.05, 0) is 12.8 Å². The third kappa shape index (κ3) is 20.0. The van der Waals surface area contributed by atoms with Gasteiger partial charge in [-0.1, -0.05) is 90.9 Å². The zero-order chi connectivity index (χ0) is 15.4. The Morgan fingerprint density at radius 3 is 1.19 bits per heavy atom. The molecule has 0 aliphatic carbocycles. The lowest BCUT2D eigenvalue weighted by Gasteiger charge is -2.05. The smallest absolute Gasteiger partial charge is 0.414 e. The predicted molar refractivity (Wildman–Crippen MR) is 95.0 cm³/mol. The highest BCUT2D eigenvalue weighted by molar-refractivity contribution is 6.17. The van der Waals surface area contributed by atoms with E-state index in [2.05, 4.69) is 13.8 Å². The molecule has 21 heavy (non-hydrogen) atoms. The van der Waals surface area contributed by atoms with E-state index in [1.54, 1.807) is 0 Å². The summed E-state index contributed by atoms with van der Waals surface area (Å²) in [6, 6.07) is 0. The topological polar surface area (TPSA) is 18.5 Å². The molecule has 0 aliphatic heterocycles. The molecule has 126 valence electrons. The fourth-order valence-corrected chi connectivity index (χ4v) is 2.50. The van der Waals surface area contributed by atoms with Crippen molar-refractivity contribution in [3.05, 3.63) is 0 Å². The van der Waals surface area contributed by atoms with Gasteiger partial charge in [0.05, 0.1) is 0 Å². The molecule has 2 nitrogen and oxygen atoms in total. The maximum absolute atomic E-state index is 5.50. The van der Waals surface area contributed by atoms with Crippen LogP contribution in [0.25, 0.3) is 0 Å². The molecule has 0 amide bonds. The summed E-state index contributed by atoms with van der Waals surface area (Å²) in [6.07, 6.45) is 18.8. The third-order valence-corrected chi connectivity index (χ3v) is 3.95. The number of hydrogen-bond acceptors (Lipinski definition) is 2. The molecule has 0 heterocycles. The lowest BCUT2D eigenvalue weighted by molar-refractivity contribution is 0.213. The summed E-state index contributed by atoms with van der Waals surface area (Å²) < 4.78 is 11.0. The van der Waals surface area contributed by atoms with E-state index in [-0.39, 0.29) is 0 Å². The highest BCUT2D eigenvalue weighted by Crippen LogP contribution is 2.07. The molecule has 3 heteroatoms. The maximum atomic E-state index is 5.50. The van der Waals surface area contributed by atoms with Crippen molar-refractivity contribution in [3.8, 4) is 0 Å². The highest BCUT2D eigenvalue weighted by atomic mass is 16.6. The van der Waals surface area contributed by atoms with Crippen LogP contribution in [0.3, 0.4) is 0 Å². The minimum Gasteiger partial charge on any atom is -0.414 e. The summed E-state index contributed by atoms with van der Waals surface area (Å²) >= 11 is 0. The van der Waals surface area contributed by atoms with Crippen molar-refractivity contribution < 1.29 is 9.31 Å². The van der Waals surface area contributed by atoms with Crippen LogP contribution < -0.4 is 0 Å². The lowest BCUT2D eigenvalue weighted by atomic mass is 10.1. The first-order valence-electron chi connectivity index (χ1n) is 9.57. The van der Waals surface area contributed by atoms with Crippen molar-refractivity contribution in [1.82, 2.24) is 0 Å². The van der Waals surface area contributed by atoms with E-state index in [1.165, 1.54) is 89.9 Å². The fourth-order valence-electron chi connectivity index (χ4n) is 2.50. The SMILES string of the molecule is CCCCCCCCCOBOCCCCCCCCC. The van der Waals surface area contributed by atoms with Crippen LogP contribution in [0.1, 0.15) is 104 Å². The van der Waals surface area contributed by atoms with Gasteiger partial charge in [0.1, 0.15) is 0 Å². The number of rotatable bonds is 18. The largest absolute Gasteiger partial charge is 0.438 e. The fraction of sp³-hybridized carbons (Fsp3) is 1.00. The van der Waals surface area contributed by atoms with Gasteiger partial charge < -0.3 is 9.31 Å². The molecule has 0 unspecified atom stereocenters. The Balaban J connectivity index is 2.90. The van der Waals surface area contributed by atoms with Gasteiger partial charge >= 0.3 is 7.69 Å². The first-order valence-corrected chi connectivity index (χ1v) is 9.57. The summed E-state index contributed by atoms with van der Waals surface area (Å²) in [7, 11) is 0.492. The van der Waals surface area contributed by atoms with Gasteiger partial charge in [-0.3, -0.25) is 0 Å². The summed E-state index contributed by atoms with van der Waals surface area (Å²) in [5.41, 5.74) is 0. The summed E-state index contributed by atoms with van der Waals surface area (Å²) in [4.78, 5) is 0. The van der Waals surface area contributed by atoms with Crippen LogP contribution in [0.4, 0.5) is 0 Å². The van der Waals surface area contributed by atoms with Crippen LogP contribution in [0, 0.1) is 0 Å². The first-order chi connectivity index (χ1) is 10.4. The van der Waals surface area contributed by atoms with Crippen molar-refractivity contribution in [3.63, 3.8) is 0 Å². The Labute approximate surface area is 134 Å². The van der Waals surface area contributed by atoms with Crippen LogP contribution in [-0.4, -0.2) is 20.9 Å². The molecular formula is C18H39BO2. The molecule has 0 rings (SSSR count). The standard InChI is InChI=1S/C18H39BO2/c1-3-5-7-9-11-13-15-17-20-19-21-18-16-14-12-10-8-6-4-2/h19H,3-18H2,1-2H3. The van der Waals surface area contributed by atoms with Crippen LogP contribution in [0.2, 0.25) is 0 Å². The Hall–Kier alpha value is -0.0151. The summed E-state index contributed by atoms with van der Waals surface area (Å²) in [5, 5.41) is 0. The zero-order valence-electron chi connectivity index (χ0n) is 14.8. The number of unbranched alkanes of at least 4 members (excludes halogenated alkanes) is 12. The predicted octanol–water partition coefficient (Wildman–Crippen LogP) is 5.79. The molecule has 0 N–H and O–H groups in total. The van der Waals surface area contributed by atoms with E-state index in [0.717, 1.165) is 13.2 Å². The molecule has 0 bridgehead atoms. The molecule has 0 fully saturated rings. The second-order valence-electron chi connectivity index (χ2n) is 6.18. The van der Waals surface area contributed by atoms with E-state index in [9.17, 15) is 0 Å². The lowest BCUT2D eigenvalue weighted by Crippen LogP contribution is -2.07. The quantitative estimate of drug-likeness (QED) is 0.235. The van der Waals surface area contributed by atoms with Gasteiger partial charge in [0.15, 0.2) is 0 Å². The minimum absolute atomic E-state index is 0.492. The molecule has 0 aromatic heterocycles. The van der Waals surface area contributed by atoms with Gasteiger partial charge in [-0.2, -0.15) is 0 Å². The van der Waals surface area contributed by atoms with Crippen molar-refractivity contribution in [2.45, 2.75) is 104 Å². The van der Waals surface area contributed by atoms with Crippen molar-refractivity contribution in [2.75, 3.05) is 13.2 Å². The van der Waals surface area contributed by atoms with E-state index in [0.29, 0.717) is 7.69 Å². The van der Waals surface area contributed by atoms with Crippen LogP contribution in [0.15, 0.2) is 0 Å². The Bertz CT molecular complexity index is 159. The molecule has 0 aromatic rings. The van der Waals surface area contributed by atoms with Gasteiger partial charge in [0.25, 0.3) is 0 Å². The third-order valence-electron chi connectivity index (χ3n) is 3.95. The molecule has 0 atom stereocenters. The van der Waals surface area contributed by atoms with Gasteiger partial charge in [-0.25, -0.2) is 0 Å². The highest BCUT2D eigenvalue weighted by Gasteiger charge is 1.95. The van der Waals surface area contributed by atoms with Crippen molar-refractivity contribution in [2.24, 2.45) is 0 Å². The molecular weight excluding hydrogens is 259 g/mol. The van der Waals surface area contributed by atoms with E-state index >= 15 is 0 Å². The van der Waals surface area contributed by atoms with Crippen molar-refractivity contribution in [1.29, 1.82) is 0 Å². The Morgan fingerprint density at radius 1 is 0.476 bits per heavy atom. The molecule has 0 spiro atoms. The first kappa shape index (κ1) is 21.0. The molecule has 0 radical (unpaired) electrons. The minimum atomic E-state index is 0.492. The summed E-state index contributed by atoms with van der Waals surface area (Å²) in [5.74, 6) is 0. The van der Waals surface area contributed by atoms with Gasteiger partial charge in [0.2, 0.25) is 0 Å². The van der Waals surface area contributed by atoms with Crippen LogP contribution in [0.5, 0.6) is 0 Å². The Kier molecular flexibility index (Phi) is 20.0. The molecule has 0 saturated carbocycles. The van der Waals surface area contributed by atoms with Gasteiger partial charge in [0, 0.05) is 13.2 Å². The average Bonchev–Trinajstić information content (AvgIpc) is 2.50. The van der Waals surface area contributed by atoms with Crippen LogP contribution >= 0.6 is 0 Å². The zero-order valence-corrected chi connectivity index (χ0v) is 14.8. The summed E-state index contributed by atoms with van der Waals surface area (Å²) in [6.45, 7) is 6.26. The second kappa shape index (κ2) is 20.0. The van der Waals surface area contributed by atoms with Crippen molar-refractivity contribution >= 4 is 7.69 Å². The van der Waals surface area contributed by atoms with Gasteiger partial charge in [-0.15, -0.1) is 0 Å². The Morgan fingerprint density at radius 2 is 0.810 bits per heavy atom. The second-order valence-corrected chi connectivity index (χ2v) is 6.18. The average molecular weight is 298 g/mol. The maximum Gasteiger partial charge on any atom is 0.438 e. The molecule has 0 aromatic carbocycles. The molecule has 0 saturated heterocycles. The monoisotopic (exact) mass is 298 g/mol. The van der Waals surface area contributed by atoms with E-state index < -0.39 is 0 Å². The number of hydrogen-bond donors (Lipinski definition) is 0. The van der Waals surface area contributed by atoms with Crippen LogP contribution in [-0.2, 0) is 9.31 Å². The molecule has 0 aliphatic rings.